The Morgan fingerprint density at radius 1 is 1.11 bits per heavy atom. The zero-order valence-electron chi connectivity index (χ0n) is 9.59. The summed E-state index contributed by atoms with van der Waals surface area (Å²) in [6.45, 7) is 0. The van der Waals surface area contributed by atoms with Crippen LogP contribution in [-0.2, 0) is 6.18 Å². The maximum atomic E-state index is 12.3. The summed E-state index contributed by atoms with van der Waals surface area (Å²) in [6.07, 6.45) is -0.585. The van der Waals surface area contributed by atoms with Crippen molar-refractivity contribution in [3.8, 4) is 0 Å². The second-order valence-corrected chi connectivity index (χ2v) is 3.55. The van der Waals surface area contributed by atoms with Gasteiger partial charge in [-0.25, -0.2) is 4.98 Å². The maximum Gasteiger partial charge on any atom is 0.417 e. The van der Waals surface area contributed by atoms with Crippen molar-refractivity contribution in [1.82, 2.24) is 9.97 Å². The SMILES string of the molecule is FC(F)(F)c1ccc(N/N=C/c2ccccn2)nc1. The Morgan fingerprint density at radius 2 is 1.95 bits per heavy atom. The highest BCUT2D eigenvalue weighted by molar-refractivity contribution is 5.77. The third-order valence-electron chi connectivity index (χ3n) is 2.15. The van der Waals surface area contributed by atoms with Crippen LogP contribution < -0.4 is 5.43 Å². The molecule has 0 amide bonds. The summed E-state index contributed by atoms with van der Waals surface area (Å²) >= 11 is 0. The van der Waals surface area contributed by atoms with E-state index < -0.39 is 11.7 Å². The van der Waals surface area contributed by atoms with E-state index in [0.717, 1.165) is 12.3 Å². The first-order valence-electron chi connectivity index (χ1n) is 5.29. The van der Waals surface area contributed by atoms with Crippen LogP contribution >= 0.6 is 0 Å². The minimum Gasteiger partial charge on any atom is -0.261 e. The molecule has 0 fully saturated rings. The fourth-order valence-electron chi connectivity index (χ4n) is 1.24. The molecule has 0 saturated heterocycles. The van der Waals surface area contributed by atoms with Crippen LogP contribution in [0.15, 0.2) is 47.8 Å². The highest BCUT2D eigenvalue weighted by Crippen LogP contribution is 2.28. The minimum absolute atomic E-state index is 0.222. The number of nitrogens with one attached hydrogen (secondary N) is 1. The Labute approximate surface area is 107 Å². The fourth-order valence-corrected chi connectivity index (χ4v) is 1.24. The van der Waals surface area contributed by atoms with Gasteiger partial charge in [-0.05, 0) is 24.3 Å². The summed E-state index contributed by atoms with van der Waals surface area (Å²) in [5, 5.41) is 3.82. The van der Waals surface area contributed by atoms with Crippen LogP contribution in [0, 0.1) is 0 Å². The molecule has 0 bridgehead atoms. The van der Waals surface area contributed by atoms with Gasteiger partial charge in [0.25, 0.3) is 0 Å². The number of pyridine rings is 2. The molecule has 0 saturated carbocycles. The Balaban J connectivity index is 1.99. The average Bonchev–Trinajstić information content (AvgIpc) is 2.39. The molecule has 0 aliphatic rings. The number of aromatic nitrogens is 2. The normalized spacial score (nSPS) is 11.7. The number of hydrogen-bond acceptors (Lipinski definition) is 4. The molecule has 1 N–H and O–H groups in total. The van der Waals surface area contributed by atoms with Gasteiger partial charge in [-0.2, -0.15) is 18.3 Å². The predicted molar refractivity (Wildman–Crippen MR) is 64.7 cm³/mol. The monoisotopic (exact) mass is 266 g/mol. The van der Waals surface area contributed by atoms with Gasteiger partial charge in [-0.1, -0.05) is 6.07 Å². The van der Waals surface area contributed by atoms with Gasteiger partial charge in [-0.3, -0.25) is 10.4 Å². The molecule has 2 rings (SSSR count). The van der Waals surface area contributed by atoms with Crippen LogP contribution in [0.1, 0.15) is 11.3 Å². The van der Waals surface area contributed by atoms with E-state index in [1.54, 1.807) is 24.4 Å². The van der Waals surface area contributed by atoms with Crippen molar-refractivity contribution in [1.29, 1.82) is 0 Å². The minimum atomic E-state index is -4.39. The van der Waals surface area contributed by atoms with Gasteiger partial charge in [0, 0.05) is 12.4 Å². The first-order valence-corrected chi connectivity index (χ1v) is 5.29. The molecule has 0 unspecified atom stereocenters. The Bertz CT molecular complexity index is 549. The lowest BCUT2D eigenvalue weighted by molar-refractivity contribution is -0.137. The summed E-state index contributed by atoms with van der Waals surface area (Å²) in [4.78, 5) is 7.61. The first-order chi connectivity index (χ1) is 9.05. The fraction of sp³-hybridized carbons (Fsp3) is 0.0833. The quantitative estimate of drug-likeness (QED) is 0.686. The van der Waals surface area contributed by atoms with Gasteiger partial charge in [-0.15, -0.1) is 0 Å². The zero-order chi connectivity index (χ0) is 13.7. The lowest BCUT2D eigenvalue weighted by atomic mass is 10.3. The molecule has 7 heteroatoms. The number of hydrogen-bond donors (Lipinski definition) is 1. The molecule has 0 atom stereocenters. The van der Waals surface area contributed by atoms with Crippen LogP contribution in [0.4, 0.5) is 19.0 Å². The molecule has 98 valence electrons. The molecular weight excluding hydrogens is 257 g/mol. The molecule has 0 aromatic carbocycles. The van der Waals surface area contributed by atoms with Crippen molar-refractivity contribution in [2.45, 2.75) is 6.18 Å². The van der Waals surface area contributed by atoms with Gasteiger partial charge in [0.2, 0.25) is 0 Å². The number of nitrogens with zero attached hydrogens (tertiary/aromatic N) is 3. The number of anilines is 1. The van der Waals surface area contributed by atoms with Crippen molar-refractivity contribution in [2.75, 3.05) is 5.43 Å². The van der Waals surface area contributed by atoms with Crippen LogP contribution in [0.25, 0.3) is 0 Å². The Kier molecular flexibility index (Phi) is 3.74. The van der Waals surface area contributed by atoms with Gasteiger partial charge in [0.05, 0.1) is 17.5 Å². The molecule has 0 radical (unpaired) electrons. The third kappa shape index (κ3) is 3.77. The summed E-state index contributed by atoms with van der Waals surface area (Å²) < 4.78 is 36.9. The first kappa shape index (κ1) is 13.0. The van der Waals surface area contributed by atoms with Crippen molar-refractivity contribution in [3.05, 3.63) is 54.0 Å². The van der Waals surface area contributed by atoms with E-state index in [2.05, 4.69) is 20.5 Å². The summed E-state index contributed by atoms with van der Waals surface area (Å²) in [7, 11) is 0. The highest BCUT2D eigenvalue weighted by Gasteiger charge is 2.30. The van der Waals surface area contributed by atoms with Crippen LogP contribution in [-0.4, -0.2) is 16.2 Å². The van der Waals surface area contributed by atoms with E-state index in [1.165, 1.54) is 12.3 Å². The highest BCUT2D eigenvalue weighted by atomic mass is 19.4. The molecule has 4 nitrogen and oxygen atoms in total. The van der Waals surface area contributed by atoms with E-state index in [-0.39, 0.29) is 5.82 Å². The molecule has 2 heterocycles. The van der Waals surface area contributed by atoms with Crippen LogP contribution in [0.3, 0.4) is 0 Å². The van der Waals surface area contributed by atoms with Gasteiger partial charge < -0.3 is 0 Å². The van der Waals surface area contributed by atoms with Crippen molar-refractivity contribution < 1.29 is 13.2 Å². The molecular formula is C12H9F3N4. The van der Waals surface area contributed by atoms with Gasteiger partial charge in [0.1, 0.15) is 5.82 Å². The lowest BCUT2D eigenvalue weighted by Gasteiger charge is -2.06. The van der Waals surface area contributed by atoms with E-state index in [1.807, 2.05) is 0 Å². The molecule has 2 aromatic heterocycles. The molecule has 19 heavy (non-hydrogen) atoms. The summed E-state index contributed by atoms with van der Waals surface area (Å²) in [6, 6.07) is 7.45. The Hall–Kier alpha value is -2.44. The number of rotatable bonds is 3. The van der Waals surface area contributed by atoms with E-state index in [0.29, 0.717) is 5.69 Å². The van der Waals surface area contributed by atoms with Gasteiger partial charge >= 0.3 is 6.18 Å². The average molecular weight is 266 g/mol. The third-order valence-corrected chi connectivity index (χ3v) is 2.15. The molecule has 0 aliphatic heterocycles. The van der Waals surface area contributed by atoms with Crippen molar-refractivity contribution in [3.63, 3.8) is 0 Å². The molecule has 0 spiro atoms. The summed E-state index contributed by atoms with van der Waals surface area (Å²) in [5.41, 5.74) is 2.35. The second-order valence-electron chi connectivity index (χ2n) is 3.55. The molecule has 2 aromatic rings. The number of alkyl halides is 3. The zero-order valence-corrected chi connectivity index (χ0v) is 9.59. The maximum absolute atomic E-state index is 12.3. The van der Waals surface area contributed by atoms with Crippen LogP contribution in [0.5, 0.6) is 0 Å². The topological polar surface area (TPSA) is 50.2 Å². The predicted octanol–water partition coefficient (Wildman–Crippen LogP) is 2.94. The summed E-state index contributed by atoms with van der Waals surface area (Å²) in [5.74, 6) is 0.222. The van der Waals surface area contributed by atoms with Crippen molar-refractivity contribution in [2.24, 2.45) is 5.10 Å². The van der Waals surface area contributed by atoms with Crippen LogP contribution in [0.2, 0.25) is 0 Å². The smallest absolute Gasteiger partial charge is 0.261 e. The Morgan fingerprint density at radius 3 is 2.53 bits per heavy atom. The number of halogens is 3. The number of hydrazone groups is 1. The van der Waals surface area contributed by atoms with Crippen molar-refractivity contribution >= 4 is 12.0 Å². The van der Waals surface area contributed by atoms with E-state index >= 15 is 0 Å². The molecule has 0 aliphatic carbocycles. The van der Waals surface area contributed by atoms with Gasteiger partial charge in [0.15, 0.2) is 0 Å². The largest absolute Gasteiger partial charge is 0.417 e. The lowest BCUT2D eigenvalue weighted by Crippen LogP contribution is -2.05. The van der Waals surface area contributed by atoms with E-state index in [9.17, 15) is 13.2 Å². The van der Waals surface area contributed by atoms with E-state index in [4.69, 9.17) is 0 Å². The second kappa shape index (κ2) is 5.47. The standard InChI is InChI=1S/C12H9F3N4/c13-12(14,15)9-4-5-11(17-7-9)19-18-8-10-3-1-2-6-16-10/h1-8H,(H,17,19)/b18-8+.